The molecule has 1 aliphatic rings. The van der Waals surface area contributed by atoms with E-state index in [-0.39, 0.29) is 28.6 Å². The molecule has 1 amide bonds. The van der Waals surface area contributed by atoms with Crippen LogP contribution in [-0.4, -0.2) is 45.4 Å². The molecule has 0 spiro atoms. The molecule has 2 heterocycles. The highest BCUT2D eigenvalue weighted by Crippen LogP contribution is 2.21. The Morgan fingerprint density at radius 3 is 2.63 bits per heavy atom. The Balaban J connectivity index is 0.00000261. The number of hydrogen-bond acceptors (Lipinski definition) is 5. The first-order valence-electron chi connectivity index (χ1n) is 8.59. The number of halogens is 1. The summed E-state index contributed by atoms with van der Waals surface area (Å²) in [5.74, 6) is 0.120. The van der Waals surface area contributed by atoms with E-state index in [2.05, 4.69) is 10.0 Å². The number of rotatable bonds is 7. The number of nitrogens with one attached hydrogen (secondary N) is 2. The maximum Gasteiger partial charge on any atom is 0.271 e. The quantitative estimate of drug-likeness (QED) is 0.709. The predicted octanol–water partition coefficient (Wildman–Crippen LogP) is 2.72. The van der Waals surface area contributed by atoms with Crippen molar-refractivity contribution in [1.29, 1.82) is 0 Å². The van der Waals surface area contributed by atoms with Gasteiger partial charge < -0.3 is 10.2 Å². The Morgan fingerprint density at radius 2 is 2.00 bits per heavy atom. The summed E-state index contributed by atoms with van der Waals surface area (Å²) in [7, 11) is -1.65. The van der Waals surface area contributed by atoms with Crippen LogP contribution >= 0.6 is 23.7 Å². The van der Waals surface area contributed by atoms with Crippen LogP contribution in [0.2, 0.25) is 0 Å². The highest BCUT2D eigenvalue weighted by molar-refractivity contribution is 7.94. The fourth-order valence-corrected chi connectivity index (χ4v) is 5.25. The summed E-state index contributed by atoms with van der Waals surface area (Å²) in [4.78, 5) is 14.5. The number of benzene rings is 1. The van der Waals surface area contributed by atoms with Gasteiger partial charge in [-0.1, -0.05) is 18.2 Å². The van der Waals surface area contributed by atoms with Gasteiger partial charge in [-0.25, -0.2) is 8.42 Å². The number of likely N-dealkylation sites (N-methyl/N-ethyl adjacent to an activating group) is 1. The van der Waals surface area contributed by atoms with E-state index < -0.39 is 10.0 Å². The number of sulfonamides is 1. The molecule has 148 valence electrons. The number of carbonyl (C=O) groups excluding carboxylic acids is 1. The molecule has 1 fully saturated rings. The van der Waals surface area contributed by atoms with Crippen LogP contribution in [0.25, 0.3) is 0 Å². The molecule has 2 aromatic rings. The second-order valence-electron chi connectivity index (χ2n) is 6.35. The minimum atomic E-state index is -3.55. The number of amides is 1. The molecule has 9 heteroatoms. The van der Waals surface area contributed by atoms with E-state index in [1.54, 1.807) is 41.8 Å². The summed E-state index contributed by atoms with van der Waals surface area (Å²) >= 11 is 1.17. The summed E-state index contributed by atoms with van der Waals surface area (Å²) in [5.41, 5.74) is 1.37. The van der Waals surface area contributed by atoms with Crippen LogP contribution in [0.4, 0.5) is 5.69 Å². The monoisotopic (exact) mass is 429 g/mol. The van der Waals surface area contributed by atoms with Gasteiger partial charge in [-0.05, 0) is 49.0 Å². The number of hydrogen-bond donors (Lipinski definition) is 2. The third-order valence-electron chi connectivity index (χ3n) is 4.46. The molecule has 0 bridgehead atoms. The molecule has 3 rings (SSSR count). The predicted molar refractivity (Wildman–Crippen MR) is 111 cm³/mol. The average molecular weight is 430 g/mol. The van der Waals surface area contributed by atoms with Gasteiger partial charge in [0.05, 0.1) is 6.42 Å². The number of carbonyl (C=O) groups is 1. The standard InChI is InChI=1S/C18H23N3O3S2.ClH/c1-19-13-16-4-2-10-21(16)17(22)12-14-6-8-15(9-7-14)20-26(23,24)18-5-3-11-25-18;/h3,5-9,11,16,19-20H,2,4,10,12-13H2,1H3;1H. The molecule has 0 saturated carbocycles. The van der Waals surface area contributed by atoms with E-state index in [0.29, 0.717) is 12.1 Å². The van der Waals surface area contributed by atoms with Crippen molar-refractivity contribution in [2.75, 3.05) is 24.9 Å². The van der Waals surface area contributed by atoms with Crippen molar-refractivity contribution in [2.45, 2.75) is 29.5 Å². The van der Waals surface area contributed by atoms with Crippen LogP contribution in [0, 0.1) is 0 Å². The van der Waals surface area contributed by atoms with Gasteiger partial charge in [-0.3, -0.25) is 9.52 Å². The fourth-order valence-electron chi connectivity index (χ4n) is 3.20. The van der Waals surface area contributed by atoms with Gasteiger partial charge in [-0.15, -0.1) is 23.7 Å². The van der Waals surface area contributed by atoms with Crippen LogP contribution in [0.5, 0.6) is 0 Å². The minimum absolute atomic E-state index is 0. The first-order chi connectivity index (χ1) is 12.5. The lowest BCUT2D eigenvalue weighted by atomic mass is 10.1. The maximum absolute atomic E-state index is 12.6. The highest BCUT2D eigenvalue weighted by atomic mass is 35.5. The first kappa shape index (κ1) is 21.7. The zero-order valence-corrected chi connectivity index (χ0v) is 17.5. The summed E-state index contributed by atoms with van der Waals surface area (Å²) in [6.07, 6.45) is 2.41. The molecular weight excluding hydrogens is 406 g/mol. The zero-order valence-electron chi connectivity index (χ0n) is 15.1. The van der Waals surface area contributed by atoms with Crippen molar-refractivity contribution in [1.82, 2.24) is 10.2 Å². The third kappa shape index (κ3) is 5.44. The van der Waals surface area contributed by atoms with Gasteiger partial charge in [0.25, 0.3) is 10.0 Å². The van der Waals surface area contributed by atoms with Gasteiger partial charge in [0.15, 0.2) is 0 Å². The third-order valence-corrected chi connectivity index (χ3v) is 7.24. The molecule has 1 aromatic heterocycles. The Morgan fingerprint density at radius 1 is 1.26 bits per heavy atom. The summed E-state index contributed by atoms with van der Waals surface area (Å²) in [6.45, 7) is 1.62. The molecule has 6 nitrogen and oxygen atoms in total. The second kappa shape index (κ2) is 9.54. The molecule has 0 radical (unpaired) electrons. The lowest BCUT2D eigenvalue weighted by molar-refractivity contribution is -0.131. The summed E-state index contributed by atoms with van der Waals surface area (Å²) in [6, 6.07) is 10.5. The number of nitrogens with zero attached hydrogens (tertiary/aromatic N) is 1. The van der Waals surface area contributed by atoms with Crippen molar-refractivity contribution >= 4 is 45.4 Å². The van der Waals surface area contributed by atoms with Crippen LogP contribution < -0.4 is 10.0 Å². The van der Waals surface area contributed by atoms with Crippen molar-refractivity contribution in [3.05, 3.63) is 47.3 Å². The van der Waals surface area contributed by atoms with Gasteiger partial charge in [0.2, 0.25) is 5.91 Å². The van der Waals surface area contributed by atoms with Crippen LogP contribution in [0.15, 0.2) is 46.0 Å². The zero-order chi connectivity index (χ0) is 18.6. The topological polar surface area (TPSA) is 78.5 Å². The molecule has 1 atom stereocenters. The molecule has 1 aromatic carbocycles. The number of thiophene rings is 1. The molecule has 0 aliphatic carbocycles. The molecule has 1 unspecified atom stereocenters. The first-order valence-corrected chi connectivity index (χ1v) is 11.0. The number of likely N-dealkylation sites (tertiary alicyclic amines) is 1. The van der Waals surface area contributed by atoms with Crippen molar-refractivity contribution < 1.29 is 13.2 Å². The summed E-state index contributed by atoms with van der Waals surface area (Å²) < 4.78 is 27.3. The minimum Gasteiger partial charge on any atom is -0.338 e. The van der Waals surface area contributed by atoms with Crippen molar-refractivity contribution in [2.24, 2.45) is 0 Å². The Hall–Kier alpha value is -1.61. The molecular formula is C18H24ClN3O3S2. The average Bonchev–Trinajstić information content (AvgIpc) is 3.28. The Labute approximate surface area is 170 Å². The van der Waals surface area contributed by atoms with Gasteiger partial charge in [0, 0.05) is 24.8 Å². The second-order valence-corrected chi connectivity index (χ2v) is 9.21. The van der Waals surface area contributed by atoms with E-state index >= 15 is 0 Å². The Kier molecular flexibility index (Phi) is 7.67. The van der Waals surface area contributed by atoms with E-state index in [9.17, 15) is 13.2 Å². The van der Waals surface area contributed by atoms with Crippen LogP contribution in [-0.2, 0) is 21.2 Å². The highest BCUT2D eigenvalue weighted by Gasteiger charge is 2.27. The van der Waals surface area contributed by atoms with E-state index in [1.165, 1.54) is 11.3 Å². The van der Waals surface area contributed by atoms with E-state index in [0.717, 1.165) is 31.5 Å². The molecule has 1 aliphatic heterocycles. The number of anilines is 1. The van der Waals surface area contributed by atoms with Crippen LogP contribution in [0.3, 0.4) is 0 Å². The lowest BCUT2D eigenvalue weighted by Crippen LogP contribution is -2.41. The van der Waals surface area contributed by atoms with Crippen molar-refractivity contribution in [3.8, 4) is 0 Å². The molecule has 1 saturated heterocycles. The van der Waals surface area contributed by atoms with Crippen LogP contribution in [0.1, 0.15) is 18.4 Å². The SMILES string of the molecule is CNCC1CCCN1C(=O)Cc1ccc(NS(=O)(=O)c2cccs2)cc1.Cl. The molecule has 2 N–H and O–H groups in total. The van der Waals surface area contributed by atoms with Gasteiger partial charge in [0.1, 0.15) is 4.21 Å². The maximum atomic E-state index is 12.6. The fraction of sp³-hybridized carbons (Fsp3) is 0.389. The van der Waals surface area contributed by atoms with E-state index in [4.69, 9.17) is 0 Å². The van der Waals surface area contributed by atoms with Crippen molar-refractivity contribution in [3.63, 3.8) is 0 Å². The largest absolute Gasteiger partial charge is 0.338 e. The lowest BCUT2D eigenvalue weighted by Gasteiger charge is -2.24. The normalized spacial score (nSPS) is 16.8. The van der Waals surface area contributed by atoms with Gasteiger partial charge >= 0.3 is 0 Å². The van der Waals surface area contributed by atoms with E-state index in [1.807, 2.05) is 11.9 Å². The Bertz CT molecular complexity index is 839. The summed E-state index contributed by atoms with van der Waals surface area (Å²) in [5, 5.41) is 4.87. The van der Waals surface area contributed by atoms with Gasteiger partial charge in [-0.2, -0.15) is 0 Å². The smallest absolute Gasteiger partial charge is 0.271 e. The molecule has 27 heavy (non-hydrogen) atoms.